The highest BCUT2D eigenvalue weighted by Gasteiger charge is 1.94. The van der Waals surface area contributed by atoms with E-state index in [0.29, 0.717) is 23.0 Å². The van der Waals surface area contributed by atoms with Gasteiger partial charge < -0.3 is 17.2 Å². The minimum Gasteiger partial charge on any atom is -0.384 e. The molecule has 0 aliphatic heterocycles. The molecule has 0 saturated heterocycles. The Bertz CT molecular complexity index is 664. The average Bonchev–Trinajstić information content (AvgIpc) is 2.32. The van der Waals surface area contributed by atoms with E-state index in [0.717, 1.165) is 11.3 Å². The van der Waals surface area contributed by atoms with E-state index in [1.54, 1.807) is 18.2 Å². The number of anilines is 3. The number of hydrogen-bond donors (Lipinski definition) is 3. The molecule has 5 nitrogen and oxygen atoms in total. The van der Waals surface area contributed by atoms with Crippen LogP contribution in [-0.2, 0) is 0 Å². The Labute approximate surface area is 117 Å². The van der Waals surface area contributed by atoms with Gasteiger partial charge in [-0.1, -0.05) is 11.8 Å². The summed E-state index contributed by atoms with van der Waals surface area (Å²) in [5.74, 6) is 12.3. The second-order valence-corrected chi connectivity index (χ2v) is 4.13. The van der Waals surface area contributed by atoms with Gasteiger partial charge in [0, 0.05) is 16.8 Å². The molecule has 2 aromatic rings. The molecule has 0 spiro atoms. The van der Waals surface area contributed by atoms with Crippen molar-refractivity contribution in [3.63, 3.8) is 0 Å². The number of rotatable bonds is 0. The molecule has 0 aliphatic rings. The zero-order valence-electron chi connectivity index (χ0n) is 10.9. The summed E-state index contributed by atoms with van der Waals surface area (Å²) in [6, 6.07) is 6.82. The number of aromatic nitrogens is 2. The van der Waals surface area contributed by atoms with Crippen LogP contribution in [0.4, 0.5) is 17.5 Å². The molecule has 0 fully saturated rings. The SMILES string of the molecule is Cc1cc(C#CC#Cc2cc(N)nc(N)c2)cc(N)n1. The fourth-order valence-electron chi connectivity index (χ4n) is 1.62. The summed E-state index contributed by atoms with van der Waals surface area (Å²) in [4.78, 5) is 7.93. The molecule has 6 N–H and O–H groups in total. The number of pyridine rings is 2. The number of nitrogen functional groups attached to an aromatic ring is 3. The van der Waals surface area contributed by atoms with Crippen molar-refractivity contribution in [2.45, 2.75) is 6.92 Å². The van der Waals surface area contributed by atoms with E-state index in [-0.39, 0.29) is 0 Å². The van der Waals surface area contributed by atoms with Gasteiger partial charge in [0.25, 0.3) is 0 Å². The highest BCUT2D eigenvalue weighted by Crippen LogP contribution is 2.07. The van der Waals surface area contributed by atoms with E-state index < -0.39 is 0 Å². The van der Waals surface area contributed by atoms with Crippen LogP contribution in [0.1, 0.15) is 16.8 Å². The van der Waals surface area contributed by atoms with Crippen LogP contribution in [0.3, 0.4) is 0 Å². The molecule has 0 amide bonds. The van der Waals surface area contributed by atoms with Crippen LogP contribution in [0, 0.1) is 30.6 Å². The number of nitrogens with zero attached hydrogens (tertiary/aromatic N) is 2. The Kier molecular flexibility index (Phi) is 3.74. The lowest BCUT2D eigenvalue weighted by Crippen LogP contribution is -1.96. The fraction of sp³-hybridized carbons (Fsp3) is 0.0667. The van der Waals surface area contributed by atoms with Gasteiger partial charge in [0.2, 0.25) is 0 Å². The molecule has 5 heteroatoms. The van der Waals surface area contributed by atoms with Crippen molar-refractivity contribution in [3.05, 3.63) is 41.1 Å². The van der Waals surface area contributed by atoms with Gasteiger partial charge in [-0.15, -0.1) is 0 Å². The van der Waals surface area contributed by atoms with Crippen LogP contribution in [0.5, 0.6) is 0 Å². The first-order valence-corrected chi connectivity index (χ1v) is 5.82. The Hall–Kier alpha value is -3.18. The lowest BCUT2D eigenvalue weighted by atomic mass is 10.2. The quantitative estimate of drug-likeness (QED) is 0.613. The zero-order valence-corrected chi connectivity index (χ0v) is 10.9. The standard InChI is InChI=1S/C15H13N5/c1-10-6-11(7-13(16)19-10)4-2-3-5-12-8-14(17)20-15(18)9-12/h6-9H,1H3,(H2,16,19)(H4,17,18,20). The summed E-state index contributed by atoms with van der Waals surface area (Å²) in [6.07, 6.45) is 0. The van der Waals surface area contributed by atoms with Gasteiger partial charge in [-0.2, -0.15) is 0 Å². The smallest absolute Gasteiger partial charge is 0.127 e. The van der Waals surface area contributed by atoms with Crippen LogP contribution in [-0.4, -0.2) is 9.97 Å². The highest BCUT2D eigenvalue weighted by atomic mass is 14.9. The van der Waals surface area contributed by atoms with Crippen molar-refractivity contribution in [2.75, 3.05) is 17.2 Å². The van der Waals surface area contributed by atoms with Gasteiger partial charge in [0.05, 0.1) is 0 Å². The van der Waals surface area contributed by atoms with Gasteiger partial charge in [-0.3, -0.25) is 0 Å². The molecule has 0 aromatic carbocycles. The van der Waals surface area contributed by atoms with Crippen molar-refractivity contribution < 1.29 is 0 Å². The monoisotopic (exact) mass is 263 g/mol. The predicted octanol–water partition coefficient (Wildman–Crippen LogP) is 0.935. The largest absolute Gasteiger partial charge is 0.384 e. The highest BCUT2D eigenvalue weighted by molar-refractivity contribution is 5.52. The summed E-state index contributed by atoms with van der Waals surface area (Å²) < 4.78 is 0. The number of hydrogen-bond acceptors (Lipinski definition) is 5. The molecule has 2 aromatic heterocycles. The van der Waals surface area contributed by atoms with Crippen LogP contribution in [0.2, 0.25) is 0 Å². The minimum absolute atomic E-state index is 0.333. The summed E-state index contributed by atoms with van der Waals surface area (Å²) in [5, 5.41) is 0. The predicted molar refractivity (Wildman–Crippen MR) is 80.2 cm³/mol. The maximum absolute atomic E-state index is 5.64. The lowest BCUT2D eigenvalue weighted by molar-refractivity contribution is 1.20. The topological polar surface area (TPSA) is 104 Å². The molecule has 0 atom stereocenters. The van der Waals surface area contributed by atoms with Crippen molar-refractivity contribution in [2.24, 2.45) is 0 Å². The zero-order chi connectivity index (χ0) is 14.5. The maximum Gasteiger partial charge on any atom is 0.127 e. The van der Waals surface area contributed by atoms with E-state index in [9.17, 15) is 0 Å². The molecule has 2 heterocycles. The summed E-state index contributed by atoms with van der Waals surface area (Å²) in [5.41, 5.74) is 19.1. The Morgan fingerprint density at radius 1 is 0.750 bits per heavy atom. The molecule has 0 radical (unpaired) electrons. The number of nitrogens with two attached hydrogens (primary N) is 3. The molecule has 0 saturated carbocycles. The normalized spacial score (nSPS) is 9.05. The van der Waals surface area contributed by atoms with Crippen LogP contribution in [0.15, 0.2) is 24.3 Å². The van der Waals surface area contributed by atoms with Crippen molar-refractivity contribution in [1.29, 1.82) is 0 Å². The third-order valence-electron chi connectivity index (χ3n) is 2.31. The van der Waals surface area contributed by atoms with E-state index in [1.807, 2.05) is 13.0 Å². The van der Waals surface area contributed by atoms with Crippen LogP contribution in [0.25, 0.3) is 0 Å². The van der Waals surface area contributed by atoms with Gasteiger partial charge in [0.1, 0.15) is 17.5 Å². The molecule has 2 rings (SSSR count). The van der Waals surface area contributed by atoms with Gasteiger partial charge in [-0.05, 0) is 43.0 Å². The Morgan fingerprint density at radius 3 is 1.70 bits per heavy atom. The molecule has 0 bridgehead atoms. The molecule has 0 unspecified atom stereocenters. The van der Waals surface area contributed by atoms with Gasteiger partial charge in [-0.25, -0.2) is 9.97 Å². The van der Waals surface area contributed by atoms with Gasteiger partial charge in [0.15, 0.2) is 0 Å². The second-order valence-electron chi connectivity index (χ2n) is 4.13. The summed E-state index contributed by atoms with van der Waals surface area (Å²) in [7, 11) is 0. The second kappa shape index (κ2) is 5.64. The van der Waals surface area contributed by atoms with E-state index in [4.69, 9.17) is 17.2 Å². The fourth-order valence-corrected chi connectivity index (χ4v) is 1.62. The number of aryl methyl sites for hydroxylation is 1. The first kappa shape index (κ1) is 13.3. The van der Waals surface area contributed by atoms with Crippen LogP contribution >= 0.6 is 0 Å². The Balaban J connectivity index is 2.21. The molecule has 0 aliphatic carbocycles. The van der Waals surface area contributed by atoms with Crippen LogP contribution < -0.4 is 17.2 Å². The Morgan fingerprint density at radius 2 is 1.20 bits per heavy atom. The van der Waals surface area contributed by atoms with Gasteiger partial charge >= 0.3 is 0 Å². The summed E-state index contributed by atoms with van der Waals surface area (Å²) >= 11 is 0. The third-order valence-corrected chi connectivity index (χ3v) is 2.31. The molecule has 20 heavy (non-hydrogen) atoms. The molecule has 98 valence electrons. The first-order valence-electron chi connectivity index (χ1n) is 5.82. The van der Waals surface area contributed by atoms with E-state index in [2.05, 4.69) is 33.6 Å². The minimum atomic E-state index is 0.333. The molecular weight excluding hydrogens is 250 g/mol. The van der Waals surface area contributed by atoms with Crippen molar-refractivity contribution >= 4 is 17.5 Å². The van der Waals surface area contributed by atoms with Crippen molar-refractivity contribution in [3.8, 4) is 23.7 Å². The summed E-state index contributed by atoms with van der Waals surface area (Å²) in [6.45, 7) is 1.86. The third kappa shape index (κ3) is 3.66. The molecular formula is C15H13N5. The lowest BCUT2D eigenvalue weighted by Gasteiger charge is -1.96. The van der Waals surface area contributed by atoms with E-state index >= 15 is 0 Å². The first-order chi connectivity index (χ1) is 9.52. The van der Waals surface area contributed by atoms with Crippen molar-refractivity contribution in [1.82, 2.24) is 9.97 Å². The van der Waals surface area contributed by atoms with E-state index in [1.165, 1.54) is 0 Å². The average molecular weight is 263 g/mol. The maximum atomic E-state index is 5.64.